The van der Waals surface area contributed by atoms with E-state index in [4.69, 9.17) is 0 Å². The topological polar surface area (TPSA) is 0 Å². The Balaban J connectivity index is 1.54. The van der Waals surface area contributed by atoms with E-state index in [1.54, 1.807) is 0 Å². The highest BCUT2D eigenvalue weighted by atomic mass is 14.4. The van der Waals surface area contributed by atoms with Crippen molar-refractivity contribution < 1.29 is 0 Å². The van der Waals surface area contributed by atoms with E-state index in [2.05, 4.69) is 152 Å². The van der Waals surface area contributed by atoms with E-state index >= 15 is 0 Å². The summed E-state index contributed by atoms with van der Waals surface area (Å²) in [4.78, 5) is 0. The average Bonchev–Trinajstić information content (AvgIpc) is 3.32. The Bertz CT molecular complexity index is 1680. The van der Waals surface area contributed by atoms with Crippen LogP contribution in [0.4, 0.5) is 0 Å². The van der Waals surface area contributed by atoms with Gasteiger partial charge < -0.3 is 0 Å². The summed E-state index contributed by atoms with van der Waals surface area (Å²) < 4.78 is 0. The molecule has 0 aliphatic heterocycles. The molecule has 0 fully saturated rings. The van der Waals surface area contributed by atoms with Crippen LogP contribution in [0.1, 0.15) is 22.6 Å². The SMILES string of the molecule is c1ccc(-c2cc(-c3ccccc3)c3c(c2)-c2ccc(-c4ccccc4)cc2C3c2ccccc2)cc1. The predicted molar refractivity (Wildman–Crippen MR) is 156 cm³/mol. The molecule has 6 aromatic carbocycles. The van der Waals surface area contributed by atoms with E-state index in [1.807, 2.05) is 0 Å². The maximum atomic E-state index is 2.42. The number of hydrogen-bond donors (Lipinski definition) is 0. The molecule has 0 nitrogen and oxygen atoms in total. The van der Waals surface area contributed by atoms with Gasteiger partial charge in [0, 0.05) is 5.92 Å². The molecule has 174 valence electrons. The van der Waals surface area contributed by atoms with E-state index in [0.29, 0.717) is 0 Å². The van der Waals surface area contributed by atoms with E-state index in [0.717, 1.165) is 0 Å². The quantitative estimate of drug-likeness (QED) is 0.240. The van der Waals surface area contributed by atoms with E-state index < -0.39 is 0 Å². The number of hydrogen-bond acceptors (Lipinski definition) is 0. The first-order valence-electron chi connectivity index (χ1n) is 12.9. The molecule has 0 bridgehead atoms. The van der Waals surface area contributed by atoms with Crippen molar-refractivity contribution in [1.29, 1.82) is 0 Å². The van der Waals surface area contributed by atoms with Crippen LogP contribution < -0.4 is 0 Å². The molecule has 6 aromatic rings. The third-order valence-corrected chi connectivity index (χ3v) is 7.55. The monoisotopic (exact) mass is 470 g/mol. The largest absolute Gasteiger partial charge is 0.0622 e. The first-order chi connectivity index (χ1) is 18.4. The van der Waals surface area contributed by atoms with Crippen LogP contribution in [0.5, 0.6) is 0 Å². The van der Waals surface area contributed by atoms with Crippen LogP contribution in [0.2, 0.25) is 0 Å². The Morgan fingerprint density at radius 2 is 0.838 bits per heavy atom. The van der Waals surface area contributed by atoms with Gasteiger partial charge in [0.15, 0.2) is 0 Å². The van der Waals surface area contributed by atoms with Gasteiger partial charge in [-0.25, -0.2) is 0 Å². The fourth-order valence-corrected chi connectivity index (χ4v) is 5.85. The minimum absolute atomic E-state index is 0.176. The van der Waals surface area contributed by atoms with Gasteiger partial charge in [-0.3, -0.25) is 0 Å². The molecule has 1 unspecified atom stereocenters. The molecule has 0 heteroatoms. The van der Waals surface area contributed by atoms with Crippen molar-refractivity contribution in [2.24, 2.45) is 0 Å². The first-order valence-corrected chi connectivity index (χ1v) is 12.9. The van der Waals surface area contributed by atoms with Gasteiger partial charge in [0.25, 0.3) is 0 Å². The fourth-order valence-electron chi connectivity index (χ4n) is 5.85. The average molecular weight is 471 g/mol. The second kappa shape index (κ2) is 9.08. The van der Waals surface area contributed by atoms with Crippen molar-refractivity contribution in [3.05, 3.63) is 168 Å². The van der Waals surface area contributed by atoms with Crippen LogP contribution >= 0.6 is 0 Å². The molecule has 0 spiro atoms. The lowest BCUT2D eigenvalue weighted by atomic mass is 9.83. The molecule has 0 amide bonds. The Morgan fingerprint density at radius 1 is 0.324 bits per heavy atom. The lowest BCUT2D eigenvalue weighted by molar-refractivity contribution is 1.02. The summed E-state index contributed by atoms with van der Waals surface area (Å²) in [6, 6.07) is 55.1. The molecule has 0 saturated carbocycles. The zero-order valence-corrected chi connectivity index (χ0v) is 20.5. The summed E-state index contributed by atoms with van der Waals surface area (Å²) in [5.74, 6) is 0.176. The van der Waals surface area contributed by atoms with Crippen LogP contribution in [0.25, 0.3) is 44.5 Å². The number of benzene rings is 6. The second-order valence-electron chi connectivity index (χ2n) is 9.73. The van der Waals surface area contributed by atoms with Crippen molar-refractivity contribution in [2.75, 3.05) is 0 Å². The zero-order valence-electron chi connectivity index (χ0n) is 20.5. The molecule has 7 rings (SSSR count). The normalized spacial score (nSPS) is 13.7. The molecule has 37 heavy (non-hydrogen) atoms. The smallest absolute Gasteiger partial charge is 0.0358 e. The summed E-state index contributed by atoms with van der Waals surface area (Å²) >= 11 is 0. The molecule has 0 heterocycles. The maximum absolute atomic E-state index is 2.42. The Morgan fingerprint density at radius 3 is 1.46 bits per heavy atom. The Labute approximate surface area is 218 Å². The van der Waals surface area contributed by atoms with Gasteiger partial charge >= 0.3 is 0 Å². The molecule has 0 radical (unpaired) electrons. The highest BCUT2D eigenvalue weighted by Crippen LogP contribution is 2.53. The first kappa shape index (κ1) is 21.6. The predicted octanol–water partition coefficient (Wildman–Crippen LogP) is 9.85. The summed E-state index contributed by atoms with van der Waals surface area (Å²) in [7, 11) is 0. The van der Waals surface area contributed by atoms with Crippen LogP contribution in [-0.4, -0.2) is 0 Å². The Kier molecular flexibility index (Phi) is 5.30. The van der Waals surface area contributed by atoms with Crippen LogP contribution in [0.3, 0.4) is 0 Å². The van der Waals surface area contributed by atoms with Gasteiger partial charge in [-0.2, -0.15) is 0 Å². The summed E-state index contributed by atoms with van der Waals surface area (Å²) in [6.07, 6.45) is 0. The molecule has 1 aliphatic carbocycles. The molecule has 0 aromatic heterocycles. The van der Waals surface area contributed by atoms with Gasteiger partial charge in [-0.05, 0) is 79.4 Å². The third-order valence-electron chi connectivity index (χ3n) is 7.55. The lowest BCUT2D eigenvalue weighted by Crippen LogP contribution is -2.02. The zero-order chi connectivity index (χ0) is 24.6. The van der Waals surface area contributed by atoms with Crippen LogP contribution in [0.15, 0.2) is 152 Å². The van der Waals surface area contributed by atoms with Gasteiger partial charge in [0.1, 0.15) is 0 Å². The van der Waals surface area contributed by atoms with Crippen molar-refractivity contribution >= 4 is 0 Å². The Hall–Kier alpha value is -4.68. The van der Waals surface area contributed by atoms with Crippen LogP contribution in [-0.2, 0) is 0 Å². The van der Waals surface area contributed by atoms with Gasteiger partial charge in [0.2, 0.25) is 0 Å². The van der Waals surface area contributed by atoms with Crippen LogP contribution in [0, 0.1) is 0 Å². The number of fused-ring (bicyclic) bond motifs is 3. The van der Waals surface area contributed by atoms with Crippen molar-refractivity contribution in [3.8, 4) is 44.5 Å². The summed E-state index contributed by atoms with van der Waals surface area (Å²) in [5, 5.41) is 0. The molecule has 1 atom stereocenters. The number of rotatable bonds is 4. The molecular weight excluding hydrogens is 444 g/mol. The highest BCUT2D eigenvalue weighted by Gasteiger charge is 2.33. The molecule has 1 aliphatic rings. The molecule has 0 saturated heterocycles. The molecular formula is C37H26. The highest BCUT2D eigenvalue weighted by molar-refractivity contribution is 5.93. The lowest BCUT2D eigenvalue weighted by Gasteiger charge is -2.20. The van der Waals surface area contributed by atoms with E-state index in [-0.39, 0.29) is 5.92 Å². The minimum atomic E-state index is 0.176. The summed E-state index contributed by atoms with van der Waals surface area (Å²) in [6.45, 7) is 0. The summed E-state index contributed by atoms with van der Waals surface area (Å²) in [5.41, 5.74) is 14.4. The molecule has 0 N–H and O–H groups in total. The fraction of sp³-hybridized carbons (Fsp3) is 0.0270. The third kappa shape index (κ3) is 3.79. The van der Waals surface area contributed by atoms with Crippen molar-refractivity contribution in [1.82, 2.24) is 0 Å². The van der Waals surface area contributed by atoms with Crippen molar-refractivity contribution in [2.45, 2.75) is 5.92 Å². The maximum Gasteiger partial charge on any atom is 0.0358 e. The standard InChI is InChI=1S/C37H26/c1-5-13-26(14-6-1)30-21-22-32-34(23-30)36(29-19-11-4-12-20-29)37-33(28-17-9-3-10-18-28)24-31(25-35(32)37)27-15-7-2-8-16-27/h1-25,36H. The van der Waals surface area contributed by atoms with Gasteiger partial charge in [-0.1, -0.05) is 133 Å². The second-order valence-corrected chi connectivity index (χ2v) is 9.73. The van der Waals surface area contributed by atoms with E-state index in [1.165, 1.54) is 61.2 Å². The van der Waals surface area contributed by atoms with E-state index in [9.17, 15) is 0 Å². The van der Waals surface area contributed by atoms with Gasteiger partial charge in [0.05, 0.1) is 0 Å². The minimum Gasteiger partial charge on any atom is -0.0622 e. The van der Waals surface area contributed by atoms with Gasteiger partial charge in [-0.15, -0.1) is 0 Å². The van der Waals surface area contributed by atoms with Crippen molar-refractivity contribution in [3.63, 3.8) is 0 Å².